The quantitative estimate of drug-likeness (QED) is 0.187. The molecule has 0 unspecified atom stereocenters. The number of hydrogen-bond donors (Lipinski definition) is 1. The molecule has 1 amide bonds. The molecule has 0 bridgehead atoms. The van der Waals surface area contributed by atoms with Gasteiger partial charge in [0.05, 0.1) is 0 Å². The van der Waals surface area contributed by atoms with Crippen LogP contribution in [0.25, 0.3) is 0 Å². The molecule has 2 rings (SSSR count). The first kappa shape index (κ1) is 31.9. The predicted octanol–water partition coefficient (Wildman–Crippen LogP) is 9.39. The van der Waals surface area contributed by atoms with E-state index in [-0.39, 0.29) is 16.9 Å². The summed E-state index contributed by atoms with van der Waals surface area (Å²) < 4.78 is 6.47. The summed E-state index contributed by atoms with van der Waals surface area (Å²) in [5, 5.41) is 3.14. The lowest BCUT2D eigenvalue weighted by atomic mass is 9.97. The van der Waals surface area contributed by atoms with Crippen molar-refractivity contribution in [2.45, 2.75) is 144 Å². The Kier molecular flexibility index (Phi) is 15.1. The maximum absolute atomic E-state index is 14.0. The van der Waals surface area contributed by atoms with Gasteiger partial charge in [0.25, 0.3) is 5.91 Å². The number of carbonyl (C=O) groups excluding carboxylic acids is 1. The third-order valence-corrected chi connectivity index (χ3v) is 7.59. The summed E-state index contributed by atoms with van der Waals surface area (Å²) in [6, 6.07) is 6.14. The molecule has 0 saturated heterocycles. The van der Waals surface area contributed by atoms with Crippen LogP contribution in [-0.4, -0.2) is 5.91 Å². The zero-order valence-electron chi connectivity index (χ0n) is 25.0. The van der Waals surface area contributed by atoms with Crippen LogP contribution in [0.4, 0.5) is 5.69 Å². The number of anilines is 1. The fourth-order valence-corrected chi connectivity index (χ4v) is 5.30. The third kappa shape index (κ3) is 9.43. The topological polar surface area (TPSA) is 59.3 Å². The monoisotopic (exact) mass is 523 g/mol. The highest BCUT2D eigenvalue weighted by molar-refractivity contribution is 6.05. The largest absolute Gasteiger partial charge is 0.465 e. The molecule has 0 atom stereocenters. The Morgan fingerprint density at radius 2 is 1.24 bits per heavy atom. The number of benzene rings is 1. The van der Waals surface area contributed by atoms with Gasteiger partial charge in [-0.1, -0.05) is 111 Å². The van der Waals surface area contributed by atoms with Gasteiger partial charge in [0.1, 0.15) is 17.1 Å². The molecule has 0 aliphatic heterocycles. The highest BCUT2D eigenvalue weighted by Crippen LogP contribution is 2.25. The van der Waals surface area contributed by atoms with Crippen molar-refractivity contribution >= 4 is 11.6 Å². The molecule has 0 saturated carbocycles. The van der Waals surface area contributed by atoms with Crippen LogP contribution in [0.15, 0.2) is 27.4 Å². The van der Waals surface area contributed by atoms with Crippen molar-refractivity contribution in [1.82, 2.24) is 0 Å². The van der Waals surface area contributed by atoms with Crippen molar-refractivity contribution in [2.75, 3.05) is 5.32 Å². The molecule has 1 aromatic heterocycles. The van der Waals surface area contributed by atoms with Gasteiger partial charge in [-0.05, 0) is 49.7 Å². The fraction of sp³-hybridized carbons (Fsp3) is 0.647. The second-order valence-corrected chi connectivity index (χ2v) is 10.7. The molecule has 0 fully saturated rings. The van der Waals surface area contributed by atoms with E-state index in [0.717, 1.165) is 79.5 Å². The number of hydrogen-bond acceptors (Lipinski definition) is 3. The molecule has 212 valence electrons. The number of aryl methyl sites for hydroxylation is 4. The molecule has 1 aromatic carbocycles. The van der Waals surface area contributed by atoms with E-state index in [9.17, 15) is 9.59 Å². The van der Waals surface area contributed by atoms with E-state index in [2.05, 4.69) is 52.1 Å². The van der Waals surface area contributed by atoms with Gasteiger partial charge < -0.3 is 9.73 Å². The van der Waals surface area contributed by atoms with Crippen molar-refractivity contribution in [2.24, 2.45) is 0 Å². The van der Waals surface area contributed by atoms with Crippen LogP contribution in [0, 0.1) is 0 Å². The highest BCUT2D eigenvalue weighted by Gasteiger charge is 2.25. The summed E-state index contributed by atoms with van der Waals surface area (Å²) >= 11 is 0. The minimum Gasteiger partial charge on any atom is -0.465 e. The van der Waals surface area contributed by atoms with Crippen molar-refractivity contribution < 1.29 is 9.21 Å². The van der Waals surface area contributed by atoms with E-state index in [1.165, 1.54) is 44.9 Å². The van der Waals surface area contributed by atoms with Crippen LogP contribution in [0.3, 0.4) is 0 Å². The van der Waals surface area contributed by atoms with Crippen LogP contribution in [0.2, 0.25) is 0 Å². The molecule has 38 heavy (non-hydrogen) atoms. The molecule has 0 radical (unpaired) electrons. The molecular weight excluding hydrogens is 470 g/mol. The van der Waals surface area contributed by atoms with Crippen molar-refractivity contribution in [3.05, 3.63) is 62.2 Å². The van der Waals surface area contributed by atoms with E-state index >= 15 is 0 Å². The second-order valence-electron chi connectivity index (χ2n) is 10.7. The average molecular weight is 524 g/mol. The Balaban J connectivity index is 2.42. The smallest absolute Gasteiger partial charge is 0.263 e. The zero-order chi connectivity index (χ0) is 27.8. The van der Waals surface area contributed by atoms with E-state index in [4.69, 9.17) is 4.42 Å². The van der Waals surface area contributed by atoms with Crippen LogP contribution in [0.5, 0.6) is 0 Å². The van der Waals surface area contributed by atoms with Gasteiger partial charge in [0.2, 0.25) is 5.43 Å². The van der Waals surface area contributed by atoms with Gasteiger partial charge in [-0.25, -0.2) is 0 Å². The van der Waals surface area contributed by atoms with Gasteiger partial charge in [0.15, 0.2) is 0 Å². The molecule has 0 aliphatic rings. The summed E-state index contributed by atoms with van der Waals surface area (Å²) in [6.07, 6.45) is 17.4. The Morgan fingerprint density at radius 3 is 1.79 bits per heavy atom. The predicted molar refractivity (Wildman–Crippen MR) is 162 cm³/mol. The summed E-state index contributed by atoms with van der Waals surface area (Å²) in [5.74, 6) is 1.05. The normalized spacial score (nSPS) is 11.2. The first-order valence-corrected chi connectivity index (χ1v) is 15.6. The van der Waals surface area contributed by atoms with Gasteiger partial charge in [-0.3, -0.25) is 9.59 Å². The van der Waals surface area contributed by atoms with Gasteiger partial charge in [0, 0.05) is 24.1 Å². The van der Waals surface area contributed by atoms with E-state index in [1.54, 1.807) is 0 Å². The molecule has 0 spiro atoms. The van der Waals surface area contributed by atoms with E-state index in [1.807, 2.05) is 6.07 Å². The lowest BCUT2D eigenvalue weighted by Crippen LogP contribution is -2.28. The second kappa shape index (κ2) is 18.0. The highest BCUT2D eigenvalue weighted by atomic mass is 16.3. The van der Waals surface area contributed by atoms with Crippen LogP contribution >= 0.6 is 0 Å². The molecule has 4 nitrogen and oxygen atoms in total. The Bertz CT molecular complexity index is 1010. The zero-order valence-corrected chi connectivity index (χ0v) is 25.0. The molecule has 0 aliphatic carbocycles. The molecule has 1 heterocycles. The van der Waals surface area contributed by atoms with E-state index < -0.39 is 0 Å². The van der Waals surface area contributed by atoms with Crippen molar-refractivity contribution in [1.29, 1.82) is 0 Å². The minimum absolute atomic E-state index is 0.110. The third-order valence-electron chi connectivity index (χ3n) is 7.59. The van der Waals surface area contributed by atoms with Gasteiger partial charge in [-0.15, -0.1) is 0 Å². The number of rotatable bonds is 19. The fourth-order valence-electron chi connectivity index (χ4n) is 5.30. The molecule has 1 N–H and O–H groups in total. The lowest BCUT2D eigenvalue weighted by Gasteiger charge is -2.17. The summed E-state index contributed by atoms with van der Waals surface area (Å²) in [6.45, 7) is 10.7. The molecular formula is C34H53NO3. The summed E-state index contributed by atoms with van der Waals surface area (Å²) in [7, 11) is 0. The average Bonchev–Trinajstić information content (AvgIpc) is 2.91. The minimum atomic E-state index is -0.323. The van der Waals surface area contributed by atoms with Crippen molar-refractivity contribution in [3.8, 4) is 0 Å². The number of amides is 1. The summed E-state index contributed by atoms with van der Waals surface area (Å²) in [5.41, 5.74) is 3.88. The Labute approximate surface area is 232 Å². The summed E-state index contributed by atoms with van der Waals surface area (Å²) in [4.78, 5) is 27.7. The maximum Gasteiger partial charge on any atom is 0.263 e. The van der Waals surface area contributed by atoms with Gasteiger partial charge >= 0.3 is 0 Å². The first-order chi connectivity index (χ1) is 18.5. The molecule has 2 aromatic rings. The Morgan fingerprint density at radius 1 is 0.684 bits per heavy atom. The van der Waals surface area contributed by atoms with Crippen LogP contribution < -0.4 is 10.7 Å². The van der Waals surface area contributed by atoms with Crippen LogP contribution in [0.1, 0.15) is 150 Å². The SMILES string of the molecule is CCCCCCCCc1c(CCCCCCC)oc(CCC)c(C(=O)Nc2c(CC)cccc2CC)c1=O. The van der Waals surface area contributed by atoms with Gasteiger partial charge in [-0.2, -0.15) is 0 Å². The molecule has 4 heteroatoms. The lowest BCUT2D eigenvalue weighted by molar-refractivity contribution is 0.102. The standard InChI is InChI=1S/C34H53NO3/c1-6-11-13-15-17-18-24-28-29(25-19-16-14-12-7-2)38-30(21-8-3)31(33(28)36)34(37)35-32-26(9-4)22-20-23-27(32)10-5/h20,22-23H,6-19,21,24-25H2,1-5H3,(H,35,37). The van der Waals surface area contributed by atoms with E-state index in [0.29, 0.717) is 18.6 Å². The van der Waals surface area contributed by atoms with Crippen LogP contribution in [-0.2, 0) is 32.1 Å². The first-order valence-electron chi connectivity index (χ1n) is 15.6. The number of carbonyl (C=O) groups is 1. The number of para-hydroxylation sites is 1. The number of unbranched alkanes of at least 4 members (excludes halogenated alkanes) is 9. The number of nitrogens with one attached hydrogen (secondary N) is 1. The Hall–Kier alpha value is -2.36. The maximum atomic E-state index is 14.0. The van der Waals surface area contributed by atoms with Crippen molar-refractivity contribution in [3.63, 3.8) is 0 Å².